The Bertz CT molecular complexity index is 1130. The molecule has 0 aliphatic heterocycles. The number of carbonyl (C=O) groups is 4. The van der Waals surface area contributed by atoms with Crippen LogP contribution in [0.5, 0.6) is 11.5 Å². The third kappa shape index (κ3) is 9.70. The summed E-state index contributed by atoms with van der Waals surface area (Å²) in [4.78, 5) is 51.4. The SMILES string of the molecule is CC(C)C(NC(=O)C(Cc1ccc(O)cc1)NC(=O)CC1CCCCC1)C(=O)NC(C=O)Cc1ccc(O)cc1. The molecule has 0 heterocycles. The third-order valence-corrected chi connectivity index (χ3v) is 7.36. The smallest absolute Gasteiger partial charge is 0.243 e. The first-order valence-electron chi connectivity index (χ1n) is 14.1. The third-order valence-electron chi connectivity index (χ3n) is 7.36. The van der Waals surface area contributed by atoms with Crippen molar-refractivity contribution >= 4 is 24.0 Å². The second-order valence-electron chi connectivity index (χ2n) is 11.1. The number of amides is 3. The summed E-state index contributed by atoms with van der Waals surface area (Å²) in [6.07, 6.45) is 6.81. The van der Waals surface area contributed by atoms with E-state index in [2.05, 4.69) is 16.0 Å². The highest BCUT2D eigenvalue weighted by molar-refractivity contribution is 5.93. The summed E-state index contributed by atoms with van der Waals surface area (Å²) in [5.41, 5.74) is 1.51. The molecule has 0 spiro atoms. The fraction of sp³-hybridized carbons (Fsp3) is 0.484. The van der Waals surface area contributed by atoms with Crippen LogP contribution in [0.25, 0.3) is 0 Å². The summed E-state index contributed by atoms with van der Waals surface area (Å²) < 4.78 is 0. The zero-order chi connectivity index (χ0) is 29.1. The molecule has 9 heteroatoms. The number of phenolic OH excluding ortho intramolecular Hbond substituents is 2. The van der Waals surface area contributed by atoms with Gasteiger partial charge in [-0.25, -0.2) is 0 Å². The molecular formula is C31H41N3O6. The molecule has 2 aromatic carbocycles. The summed E-state index contributed by atoms with van der Waals surface area (Å²) in [5, 5.41) is 27.5. The summed E-state index contributed by atoms with van der Waals surface area (Å²) in [6.45, 7) is 3.58. The minimum atomic E-state index is -0.938. The van der Waals surface area contributed by atoms with Crippen molar-refractivity contribution in [2.24, 2.45) is 11.8 Å². The maximum absolute atomic E-state index is 13.5. The molecule has 3 amide bonds. The zero-order valence-corrected chi connectivity index (χ0v) is 23.3. The molecule has 1 aliphatic rings. The Morgan fingerprint density at radius 1 is 0.800 bits per heavy atom. The van der Waals surface area contributed by atoms with Gasteiger partial charge in [-0.2, -0.15) is 0 Å². The number of rotatable bonds is 13. The van der Waals surface area contributed by atoms with Gasteiger partial charge in [0.25, 0.3) is 0 Å². The van der Waals surface area contributed by atoms with E-state index < -0.39 is 29.9 Å². The van der Waals surface area contributed by atoms with E-state index in [1.165, 1.54) is 30.7 Å². The van der Waals surface area contributed by atoms with Crippen LogP contribution in [0.3, 0.4) is 0 Å². The van der Waals surface area contributed by atoms with Gasteiger partial charge in [-0.05, 0) is 66.5 Å². The van der Waals surface area contributed by atoms with Gasteiger partial charge < -0.3 is 31.0 Å². The molecule has 9 nitrogen and oxygen atoms in total. The van der Waals surface area contributed by atoms with Gasteiger partial charge in [-0.3, -0.25) is 14.4 Å². The number of benzene rings is 2. The van der Waals surface area contributed by atoms with Crippen molar-refractivity contribution in [2.45, 2.75) is 83.3 Å². The van der Waals surface area contributed by atoms with E-state index in [4.69, 9.17) is 0 Å². The van der Waals surface area contributed by atoms with Crippen LogP contribution >= 0.6 is 0 Å². The van der Waals surface area contributed by atoms with Crippen molar-refractivity contribution in [3.05, 3.63) is 59.7 Å². The van der Waals surface area contributed by atoms with Crippen LogP contribution in [0, 0.1) is 11.8 Å². The minimum absolute atomic E-state index is 0.0969. The average molecular weight is 552 g/mol. The van der Waals surface area contributed by atoms with Gasteiger partial charge in [-0.1, -0.05) is 57.4 Å². The maximum atomic E-state index is 13.5. The Kier molecular flexibility index (Phi) is 11.5. The van der Waals surface area contributed by atoms with Crippen LogP contribution < -0.4 is 16.0 Å². The van der Waals surface area contributed by atoms with Gasteiger partial charge in [0.2, 0.25) is 17.7 Å². The zero-order valence-electron chi connectivity index (χ0n) is 23.3. The molecule has 2 aromatic rings. The molecule has 3 rings (SSSR count). The highest BCUT2D eigenvalue weighted by atomic mass is 16.3. The average Bonchev–Trinajstić information content (AvgIpc) is 2.93. The van der Waals surface area contributed by atoms with Gasteiger partial charge in [-0.15, -0.1) is 0 Å². The van der Waals surface area contributed by atoms with E-state index >= 15 is 0 Å². The molecular weight excluding hydrogens is 510 g/mol. The fourth-order valence-electron chi connectivity index (χ4n) is 5.06. The van der Waals surface area contributed by atoms with Gasteiger partial charge in [0, 0.05) is 12.8 Å². The Labute approximate surface area is 235 Å². The largest absolute Gasteiger partial charge is 0.508 e. The van der Waals surface area contributed by atoms with Gasteiger partial charge in [0.1, 0.15) is 29.9 Å². The van der Waals surface area contributed by atoms with E-state index in [1.807, 2.05) is 0 Å². The first kappa shape index (κ1) is 30.7. The second-order valence-corrected chi connectivity index (χ2v) is 11.1. The molecule has 3 unspecified atom stereocenters. The fourth-order valence-corrected chi connectivity index (χ4v) is 5.06. The lowest BCUT2D eigenvalue weighted by Gasteiger charge is -2.27. The van der Waals surface area contributed by atoms with Crippen LogP contribution in [-0.4, -0.2) is 52.3 Å². The van der Waals surface area contributed by atoms with Crippen LogP contribution in [0.4, 0.5) is 0 Å². The summed E-state index contributed by atoms with van der Waals surface area (Å²) in [6, 6.07) is 10.1. The molecule has 1 fully saturated rings. The van der Waals surface area contributed by atoms with Crippen LogP contribution in [0.15, 0.2) is 48.5 Å². The van der Waals surface area contributed by atoms with E-state index in [9.17, 15) is 29.4 Å². The first-order valence-corrected chi connectivity index (χ1v) is 14.1. The number of aldehydes is 1. The molecule has 0 saturated heterocycles. The molecule has 216 valence electrons. The van der Waals surface area contributed by atoms with Crippen molar-refractivity contribution in [1.29, 1.82) is 0 Å². The molecule has 40 heavy (non-hydrogen) atoms. The number of aromatic hydroxyl groups is 2. The predicted molar refractivity (Wildman–Crippen MR) is 152 cm³/mol. The Morgan fingerprint density at radius 2 is 1.35 bits per heavy atom. The van der Waals surface area contributed by atoms with Crippen molar-refractivity contribution in [1.82, 2.24) is 16.0 Å². The first-order chi connectivity index (χ1) is 19.1. The van der Waals surface area contributed by atoms with Crippen molar-refractivity contribution in [3.8, 4) is 11.5 Å². The Hall–Kier alpha value is -3.88. The summed E-state index contributed by atoms with van der Waals surface area (Å²) in [7, 11) is 0. The lowest BCUT2D eigenvalue weighted by Crippen LogP contribution is -2.57. The highest BCUT2D eigenvalue weighted by Gasteiger charge is 2.30. The normalized spacial score (nSPS) is 16.0. The monoisotopic (exact) mass is 551 g/mol. The number of phenols is 2. The molecule has 1 saturated carbocycles. The molecule has 0 radical (unpaired) electrons. The van der Waals surface area contributed by atoms with E-state index in [1.54, 1.807) is 38.1 Å². The Balaban J connectivity index is 1.69. The lowest BCUT2D eigenvalue weighted by molar-refractivity contribution is -0.133. The van der Waals surface area contributed by atoms with Crippen molar-refractivity contribution < 1.29 is 29.4 Å². The van der Waals surface area contributed by atoms with Crippen molar-refractivity contribution in [2.75, 3.05) is 0 Å². The van der Waals surface area contributed by atoms with Crippen LogP contribution in [-0.2, 0) is 32.0 Å². The molecule has 5 N–H and O–H groups in total. The molecule has 0 aromatic heterocycles. The predicted octanol–water partition coefficient (Wildman–Crippen LogP) is 3.16. The summed E-state index contributed by atoms with van der Waals surface area (Å²) in [5.74, 6) is -1.00. The van der Waals surface area contributed by atoms with Gasteiger partial charge >= 0.3 is 0 Å². The van der Waals surface area contributed by atoms with Gasteiger partial charge in [0.15, 0.2) is 0 Å². The molecule has 3 atom stereocenters. The Morgan fingerprint density at radius 3 is 1.88 bits per heavy atom. The van der Waals surface area contributed by atoms with Crippen molar-refractivity contribution in [3.63, 3.8) is 0 Å². The second kappa shape index (κ2) is 15.1. The molecule has 1 aliphatic carbocycles. The number of hydrogen-bond acceptors (Lipinski definition) is 6. The standard InChI is InChI=1S/C31H41N3O6/c1-20(2)29(31(40)32-24(19-35)16-22-8-12-25(36)13-9-22)34-30(39)27(17-23-10-14-26(37)15-11-23)33-28(38)18-21-6-4-3-5-7-21/h8-15,19-21,24,27,29,36-37H,3-7,16-18H2,1-2H3,(H,32,40)(H,33,38)(H,34,39). The van der Waals surface area contributed by atoms with Gasteiger partial charge in [0.05, 0.1) is 6.04 Å². The van der Waals surface area contributed by atoms with Crippen LogP contribution in [0.2, 0.25) is 0 Å². The number of carbonyl (C=O) groups excluding carboxylic acids is 4. The highest BCUT2D eigenvalue weighted by Crippen LogP contribution is 2.26. The summed E-state index contributed by atoms with van der Waals surface area (Å²) >= 11 is 0. The maximum Gasteiger partial charge on any atom is 0.243 e. The minimum Gasteiger partial charge on any atom is -0.508 e. The molecule has 0 bridgehead atoms. The lowest BCUT2D eigenvalue weighted by atomic mass is 9.86. The van der Waals surface area contributed by atoms with Crippen LogP contribution in [0.1, 0.15) is 63.5 Å². The van der Waals surface area contributed by atoms with E-state index in [0.29, 0.717) is 18.6 Å². The van der Waals surface area contributed by atoms with E-state index in [-0.39, 0.29) is 36.2 Å². The number of hydrogen-bond donors (Lipinski definition) is 5. The number of nitrogens with one attached hydrogen (secondary N) is 3. The quantitative estimate of drug-likeness (QED) is 0.242. The van der Waals surface area contributed by atoms with E-state index in [0.717, 1.165) is 36.8 Å². The topological polar surface area (TPSA) is 145 Å².